The lowest BCUT2D eigenvalue weighted by Crippen LogP contribution is -2.49. The maximum atomic E-state index is 13.2. The van der Waals surface area contributed by atoms with Gasteiger partial charge in [0.25, 0.3) is 0 Å². The van der Waals surface area contributed by atoms with Gasteiger partial charge >= 0.3 is 0 Å². The molecule has 0 heterocycles. The summed E-state index contributed by atoms with van der Waals surface area (Å²) in [6, 6.07) is 14.4. The summed E-state index contributed by atoms with van der Waals surface area (Å²) in [6.07, 6.45) is 1.71. The Morgan fingerprint density at radius 3 is 2.40 bits per heavy atom. The minimum absolute atomic E-state index is 0.0603. The van der Waals surface area contributed by atoms with E-state index in [9.17, 15) is 9.59 Å². The summed E-state index contributed by atoms with van der Waals surface area (Å²) >= 11 is 13.8. The Bertz CT molecular complexity index is 830. The number of nitrogens with zero attached hydrogens (tertiary/aromatic N) is 1. The second kappa shape index (κ2) is 12.9. The Labute approximate surface area is 193 Å². The Hall–Kier alpha value is -1.69. The fourth-order valence-corrected chi connectivity index (χ4v) is 4.19. The molecular weight excluding hydrogens is 439 g/mol. The minimum atomic E-state index is -0.527. The molecule has 0 aliphatic rings. The van der Waals surface area contributed by atoms with Crippen molar-refractivity contribution in [3.8, 4) is 0 Å². The fourth-order valence-electron chi connectivity index (χ4n) is 3.03. The number of benzene rings is 2. The van der Waals surface area contributed by atoms with Crippen molar-refractivity contribution < 1.29 is 9.59 Å². The van der Waals surface area contributed by atoms with E-state index in [-0.39, 0.29) is 11.8 Å². The van der Waals surface area contributed by atoms with Gasteiger partial charge in [-0.2, -0.15) is 0 Å². The quantitative estimate of drug-likeness (QED) is 0.425. The molecule has 2 aromatic carbocycles. The first-order chi connectivity index (χ1) is 14.5. The summed E-state index contributed by atoms with van der Waals surface area (Å²) in [5, 5.41) is 4.20. The lowest BCUT2D eigenvalue weighted by atomic mass is 10.1. The van der Waals surface area contributed by atoms with Crippen LogP contribution in [0.5, 0.6) is 0 Å². The van der Waals surface area contributed by atoms with Crippen molar-refractivity contribution >= 4 is 46.8 Å². The van der Waals surface area contributed by atoms with E-state index in [1.165, 1.54) is 0 Å². The number of carbonyl (C=O) groups excluding carboxylic acids is 2. The Balaban J connectivity index is 2.11. The van der Waals surface area contributed by atoms with Gasteiger partial charge in [-0.25, -0.2) is 0 Å². The van der Waals surface area contributed by atoms with E-state index in [1.54, 1.807) is 22.7 Å². The van der Waals surface area contributed by atoms with Crippen molar-refractivity contribution in [3.05, 3.63) is 64.1 Å². The first-order valence-electron chi connectivity index (χ1n) is 10.1. The molecule has 0 radical (unpaired) electrons. The standard InChI is InChI=1S/C23H28Cl2N2O2S/c1-3-14-26-23(29)21(4-2)27(16-17-7-5-6-8-20(17)25)22(28)13-15-30-19-11-9-18(24)10-12-19/h5-12,21H,3-4,13-16H2,1-2H3,(H,26,29). The SMILES string of the molecule is CCCNC(=O)C(CC)N(Cc1ccccc1Cl)C(=O)CCSc1ccc(Cl)cc1. The summed E-state index contributed by atoms with van der Waals surface area (Å²) in [4.78, 5) is 28.6. The number of hydrogen-bond acceptors (Lipinski definition) is 3. The molecule has 0 saturated carbocycles. The molecule has 2 amide bonds. The molecular formula is C23H28Cl2N2O2S. The van der Waals surface area contributed by atoms with E-state index in [2.05, 4.69) is 5.32 Å². The zero-order valence-corrected chi connectivity index (χ0v) is 19.7. The van der Waals surface area contributed by atoms with Crippen LogP contribution in [0, 0.1) is 0 Å². The van der Waals surface area contributed by atoms with E-state index in [4.69, 9.17) is 23.2 Å². The highest BCUT2D eigenvalue weighted by atomic mass is 35.5. The van der Waals surface area contributed by atoms with Gasteiger partial charge in [-0.1, -0.05) is 55.2 Å². The number of hydrogen-bond donors (Lipinski definition) is 1. The third-order valence-corrected chi connectivity index (χ3v) is 6.27. The summed E-state index contributed by atoms with van der Waals surface area (Å²) < 4.78 is 0. The van der Waals surface area contributed by atoms with Gasteiger partial charge in [0.2, 0.25) is 11.8 Å². The van der Waals surface area contributed by atoms with Crippen molar-refractivity contribution in [2.45, 2.75) is 50.6 Å². The lowest BCUT2D eigenvalue weighted by molar-refractivity contribution is -0.141. The van der Waals surface area contributed by atoms with Crippen molar-refractivity contribution in [2.75, 3.05) is 12.3 Å². The van der Waals surface area contributed by atoms with Gasteiger partial charge in [0, 0.05) is 40.2 Å². The van der Waals surface area contributed by atoms with E-state index in [1.807, 2.05) is 56.3 Å². The normalized spacial score (nSPS) is 11.7. The zero-order chi connectivity index (χ0) is 21.9. The van der Waals surface area contributed by atoms with Crippen LogP contribution in [0.4, 0.5) is 0 Å². The highest BCUT2D eigenvalue weighted by Crippen LogP contribution is 2.23. The highest BCUT2D eigenvalue weighted by Gasteiger charge is 2.28. The number of amides is 2. The monoisotopic (exact) mass is 466 g/mol. The number of carbonyl (C=O) groups is 2. The van der Waals surface area contributed by atoms with Crippen LogP contribution >= 0.6 is 35.0 Å². The predicted molar refractivity (Wildman–Crippen MR) is 126 cm³/mol. The Morgan fingerprint density at radius 1 is 1.07 bits per heavy atom. The molecule has 0 saturated heterocycles. The zero-order valence-electron chi connectivity index (χ0n) is 17.4. The third kappa shape index (κ3) is 7.53. The topological polar surface area (TPSA) is 49.4 Å². The van der Waals surface area contributed by atoms with Gasteiger partial charge < -0.3 is 10.2 Å². The van der Waals surface area contributed by atoms with E-state index < -0.39 is 6.04 Å². The molecule has 0 spiro atoms. The number of rotatable bonds is 11. The smallest absolute Gasteiger partial charge is 0.242 e. The predicted octanol–water partition coefficient (Wildman–Crippen LogP) is 5.81. The van der Waals surface area contributed by atoms with Gasteiger partial charge in [-0.15, -0.1) is 11.8 Å². The molecule has 1 atom stereocenters. The average Bonchev–Trinajstić information content (AvgIpc) is 2.74. The largest absolute Gasteiger partial charge is 0.354 e. The second-order valence-electron chi connectivity index (χ2n) is 6.88. The van der Waals surface area contributed by atoms with Crippen LogP contribution < -0.4 is 5.32 Å². The number of thioether (sulfide) groups is 1. The van der Waals surface area contributed by atoms with E-state index in [0.29, 0.717) is 41.7 Å². The maximum Gasteiger partial charge on any atom is 0.242 e. The molecule has 0 aliphatic heterocycles. The van der Waals surface area contributed by atoms with Crippen LogP contribution in [-0.4, -0.2) is 35.1 Å². The molecule has 0 aromatic heterocycles. The summed E-state index contributed by atoms with van der Waals surface area (Å²) in [7, 11) is 0. The van der Waals surface area contributed by atoms with Crippen LogP contribution in [-0.2, 0) is 16.1 Å². The van der Waals surface area contributed by atoms with Crippen molar-refractivity contribution in [2.24, 2.45) is 0 Å². The summed E-state index contributed by atoms with van der Waals surface area (Å²) in [5.74, 6) is 0.437. The molecule has 0 fully saturated rings. The van der Waals surface area contributed by atoms with Crippen molar-refractivity contribution in [3.63, 3.8) is 0 Å². The van der Waals surface area contributed by atoms with E-state index in [0.717, 1.165) is 16.9 Å². The minimum Gasteiger partial charge on any atom is -0.354 e. The van der Waals surface area contributed by atoms with Crippen molar-refractivity contribution in [1.29, 1.82) is 0 Å². The fraction of sp³-hybridized carbons (Fsp3) is 0.391. The van der Waals surface area contributed by atoms with Gasteiger partial charge in [0.15, 0.2) is 0 Å². The molecule has 162 valence electrons. The first-order valence-corrected chi connectivity index (χ1v) is 11.9. The van der Waals surface area contributed by atoms with Gasteiger partial charge in [0.05, 0.1) is 0 Å². The number of nitrogens with one attached hydrogen (secondary N) is 1. The lowest BCUT2D eigenvalue weighted by Gasteiger charge is -2.31. The molecule has 30 heavy (non-hydrogen) atoms. The van der Waals surface area contributed by atoms with Crippen molar-refractivity contribution in [1.82, 2.24) is 10.2 Å². The molecule has 1 unspecified atom stereocenters. The Morgan fingerprint density at radius 2 is 1.77 bits per heavy atom. The molecule has 1 N–H and O–H groups in total. The average molecular weight is 467 g/mol. The molecule has 0 aliphatic carbocycles. The molecule has 2 aromatic rings. The summed E-state index contributed by atoms with van der Waals surface area (Å²) in [5.41, 5.74) is 0.833. The van der Waals surface area contributed by atoms with Gasteiger partial charge in [-0.3, -0.25) is 9.59 Å². The van der Waals surface area contributed by atoms with Gasteiger partial charge in [-0.05, 0) is 48.7 Å². The molecule has 4 nitrogen and oxygen atoms in total. The molecule has 2 rings (SSSR count). The van der Waals surface area contributed by atoms with Crippen LogP contribution in [0.25, 0.3) is 0 Å². The molecule has 0 bridgehead atoms. The van der Waals surface area contributed by atoms with E-state index >= 15 is 0 Å². The third-order valence-electron chi connectivity index (χ3n) is 4.63. The van der Waals surface area contributed by atoms with Crippen LogP contribution in [0.2, 0.25) is 10.0 Å². The maximum absolute atomic E-state index is 13.2. The summed E-state index contributed by atoms with van der Waals surface area (Å²) in [6.45, 7) is 4.82. The number of halogens is 2. The highest BCUT2D eigenvalue weighted by molar-refractivity contribution is 7.99. The Kier molecular flexibility index (Phi) is 10.6. The molecule has 7 heteroatoms. The second-order valence-corrected chi connectivity index (χ2v) is 8.89. The van der Waals surface area contributed by atoms with Crippen LogP contribution in [0.1, 0.15) is 38.7 Å². The van der Waals surface area contributed by atoms with Gasteiger partial charge in [0.1, 0.15) is 6.04 Å². The first kappa shape index (κ1) is 24.6. The van der Waals surface area contributed by atoms with Crippen LogP contribution in [0.3, 0.4) is 0 Å². The van der Waals surface area contributed by atoms with Crippen LogP contribution in [0.15, 0.2) is 53.4 Å².